The number of hydrogen-bond acceptors (Lipinski definition) is 5. The molecule has 2 aromatic carbocycles. The maximum atomic E-state index is 13.7. The Kier molecular flexibility index (Phi) is 6.11. The van der Waals surface area contributed by atoms with Gasteiger partial charge < -0.3 is 9.47 Å². The number of benzene rings is 2. The van der Waals surface area contributed by atoms with Gasteiger partial charge in [-0.1, -0.05) is 17.7 Å². The van der Waals surface area contributed by atoms with E-state index < -0.39 is 21.8 Å². The van der Waals surface area contributed by atoms with Gasteiger partial charge in [-0.25, -0.2) is 17.6 Å². The molecule has 0 atom stereocenters. The van der Waals surface area contributed by atoms with Gasteiger partial charge in [0.25, 0.3) is 0 Å². The van der Waals surface area contributed by atoms with Gasteiger partial charge in [0.2, 0.25) is 10.0 Å². The lowest BCUT2D eigenvalue weighted by atomic mass is 10.2. The van der Waals surface area contributed by atoms with E-state index in [2.05, 4.69) is 0 Å². The third-order valence-corrected chi connectivity index (χ3v) is 6.37. The summed E-state index contributed by atoms with van der Waals surface area (Å²) in [4.78, 5) is 12.2. The highest BCUT2D eigenvalue weighted by molar-refractivity contribution is 7.89. The maximum absolute atomic E-state index is 13.7. The first-order valence-corrected chi connectivity index (χ1v) is 9.99. The van der Waals surface area contributed by atoms with Crippen molar-refractivity contribution in [2.24, 2.45) is 0 Å². The smallest absolute Gasteiger partial charge is 0.338 e. The monoisotopic (exact) mass is 413 g/mol. The third-order valence-electron chi connectivity index (χ3n) is 4.11. The van der Waals surface area contributed by atoms with Gasteiger partial charge in [-0.2, -0.15) is 4.31 Å². The summed E-state index contributed by atoms with van der Waals surface area (Å²) < 4.78 is 50.4. The average Bonchev–Trinajstić information content (AvgIpc) is 2.68. The molecule has 0 aliphatic carbocycles. The molecule has 0 saturated carbocycles. The molecule has 3 rings (SSSR count). The number of sulfonamides is 1. The van der Waals surface area contributed by atoms with E-state index in [1.807, 2.05) is 0 Å². The summed E-state index contributed by atoms with van der Waals surface area (Å²) >= 11 is 5.89. The molecule has 1 fully saturated rings. The minimum atomic E-state index is -3.64. The van der Waals surface area contributed by atoms with Gasteiger partial charge in [-0.3, -0.25) is 0 Å². The molecule has 0 amide bonds. The summed E-state index contributed by atoms with van der Waals surface area (Å²) in [7, 11) is -3.64. The van der Waals surface area contributed by atoms with Crippen LogP contribution in [0.1, 0.15) is 15.9 Å². The maximum Gasteiger partial charge on any atom is 0.338 e. The van der Waals surface area contributed by atoms with Crippen molar-refractivity contribution in [1.82, 2.24) is 4.31 Å². The summed E-state index contributed by atoms with van der Waals surface area (Å²) in [5.74, 6) is -1.27. The standard InChI is InChI=1S/C18H17ClFNO5S/c19-16-2-1-3-17(20)15(16)12-26-18(22)13-4-6-14(7-5-13)27(23,24)21-8-10-25-11-9-21/h1-7H,8-12H2. The number of morpholine rings is 1. The molecule has 9 heteroatoms. The van der Waals surface area contributed by atoms with E-state index in [4.69, 9.17) is 21.1 Å². The third kappa shape index (κ3) is 4.47. The number of carbonyl (C=O) groups is 1. The van der Waals surface area contributed by atoms with Crippen LogP contribution in [0.3, 0.4) is 0 Å². The quantitative estimate of drug-likeness (QED) is 0.705. The van der Waals surface area contributed by atoms with Crippen molar-refractivity contribution in [1.29, 1.82) is 0 Å². The molecule has 0 bridgehead atoms. The normalized spacial score (nSPS) is 15.5. The minimum absolute atomic E-state index is 0.0816. The second-order valence-corrected chi connectivity index (χ2v) is 8.16. The van der Waals surface area contributed by atoms with Crippen LogP contribution in [0, 0.1) is 5.82 Å². The van der Waals surface area contributed by atoms with Crippen LogP contribution < -0.4 is 0 Å². The van der Waals surface area contributed by atoms with E-state index in [0.29, 0.717) is 13.2 Å². The van der Waals surface area contributed by atoms with Crippen LogP contribution in [-0.4, -0.2) is 45.0 Å². The second kappa shape index (κ2) is 8.35. The highest BCUT2D eigenvalue weighted by atomic mass is 35.5. The lowest BCUT2D eigenvalue weighted by Crippen LogP contribution is -2.40. The van der Waals surface area contributed by atoms with Gasteiger partial charge in [0.15, 0.2) is 0 Å². The van der Waals surface area contributed by atoms with E-state index in [1.165, 1.54) is 46.8 Å². The average molecular weight is 414 g/mol. The van der Waals surface area contributed by atoms with Crippen molar-refractivity contribution in [3.8, 4) is 0 Å². The lowest BCUT2D eigenvalue weighted by Gasteiger charge is -2.26. The van der Waals surface area contributed by atoms with E-state index in [9.17, 15) is 17.6 Å². The van der Waals surface area contributed by atoms with Gasteiger partial charge in [-0.15, -0.1) is 0 Å². The summed E-state index contributed by atoms with van der Waals surface area (Å²) in [5, 5.41) is 0.162. The van der Waals surface area contributed by atoms with Crippen LogP contribution in [0.25, 0.3) is 0 Å². The topological polar surface area (TPSA) is 72.9 Å². The zero-order valence-corrected chi connectivity index (χ0v) is 15.8. The first kappa shape index (κ1) is 19.8. The molecule has 27 heavy (non-hydrogen) atoms. The van der Waals surface area contributed by atoms with Crippen molar-refractivity contribution in [2.75, 3.05) is 26.3 Å². The Morgan fingerprint density at radius 1 is 1.15 bits per heavy atom. The lowest BCUT2D eigenvalue weighted by molar-refractivity contribution is 0.0469. The van der Waals surface area contributed by atoms with Crippen LogP contribution in [0.2, 0.25) is 5.02 Å². The highest BCUT2D eigenvalue weighted by Crippen LogP contribution is 2.21. The van der Waals surface area contributed by atoms with Crippen molar-refractivity contribution >= 4 is 27.6 Å². The van der Waals surface area contributed by atoms with Crippen LogP contribution in [0.5, 0.6) is 0 Å². The molecule has 1 saturated heterocycles. The van der Waals surface area contributed by atoms with Crippen molar-refractivity contribution in [2.45, 2.75) is 11.5 Å². The van der Waals surface area contributed by atoms with Crippen molar-refractivity contribution < 1.29 is 27.1 Å². The predicted molar refractivity (Wildman–Crippen MR) is 96.5 cm³/mol. The van der Waals surface area contributed by atoms with E-state index >= 15 is 0 Å². The Morgan fingerprint density at radius 3 is 2.44 bits per heavy atom. The van der Waals surface area contributed by atoms with Crippen LogP contribution in [-0.2, 0) is 26.1 Å². The fourth-order valence-corrected chi connectivity index (χ4v) is 4.22. The number of ether oxygens (including phenoxy) is 2. The molecule has 1 aliphatic rings. The number of nitrogens with zero attached hydrogens (tertiary/aromatic N) is 1. The van der Waals surface area contributed by atoms with Crippen molar-refractivity contribution in [3.63, 3.8) is 0 Å². The first-order chi connectivity index (χ1) is 12.9. The second-order valence-electron chi connectivity index (χ2n) is 5.82. The van der Waals surface area contributed by atoms with E-state index in [-0.39, 0.29) is 40.7 Å². The molecule has 144 valence electrons. The minimum Gasteiger partial charge on any atom is -0.457 e. The molecule has 0 aromatic heterocycles. The Labute approximate surface area is 161 Å². The van der Waals surface area contributed by atoms with E-state index in [0.717, 1.165) is 0 Å². The fraction of sp³-hybridized carbons (Fsp3) is 0.278. The molecular weight excluding hydrogens is 397 g/mol. The van der Waals surface area contributed by atoms with Crippen molar-refractivity contribution in [3.05, 3.63) is 64.4 Å². The van der Waals surface area contributed by atoms with E-state index in [1.54, 1.807) is 0 Å². The Balaban J connectivity index is 1.68. The molecule has 0 radical (unpaired) electrons. The molecule has 2 aromatic rings. The Hall–Kier alpha value is -2.00. The van der Waals surface area contributed by atoms with Gasteiger partial charge in [-0.05, 0) is 36.4 Å². The van der Waals surface area contributed by atoms with Crippen LogP contribution >= 0.6 is 11.6 Å². The Bertz CT molecular complexity index is 907. The first-order valence-electron chi connectivity index (χ1n) is 8.17. The molecular formula is C18H17ClFNO5S. The largest absolute Gasteiger partial charge is 0.457 e. The number of hydrogen-bond donors (Lipinski definition) is 0. The summed E-state index contributed by atoms with van der Waals surface area (Å²) in [6.07, 6.45) is 0. The molecule has 0 unspecified atom stereocenters. The summed E-state index contributed by atoms with van der Waals surface area (Å²) in [5.41, 5.74) is 0.238. The SMILES string of the molecule is O=C(OCc1c(F)cccc1Cl)c1ccc(S(=O)(=O)N2CCOCC2)cc1. The molecule has 1 heterocycles. The predicted octanol–water partition coefficient (Wildman–Crippen LogP) is 2.86. The Morgan fingerprint density at radius 2 is 1.81 bits per heavy atom. The van der Waals surface area contributed by atoms with Gasteiger partial charge in [0.05, 0.1) is 28.7 Å². The number of carbonyl (C=O) groups excluding carboxylic acids is 1. The zero-order valence-electron chi connectivity index (χ0n) is 14.2. The molecule has 6 nitrogen and oxygen atoms in total. The zero-order chi connectivity index (χ0) is 19.4. The van der Waals surface area contributed by atoms with Crippen LogP contribution in [0.15, 0.2) is 47.4 Å². The molecule has 0 spiro atoms. The fourth-order valence-electron chi connectivity index (χ4n) is 2.59. The van der Waals surface area contributed by atoms with Gasteiger partial charge in [0, 0.05) is 18.7 Å². The van der Waals surface area contributed by atoms with Gasteiger partial charge in [0.1, 0.15) is 12.4 Å². The summed E-state index contributed by atoms with van der Waals surface area (Å²) in [6.45, 7) is 0.952. The summed E-state index contributed by atoms with van der Waals surface area (Å²) in [6, 6.07) is 9.59. The molecule has 0 N–H and O–H groups in total. The van der Waals surface area contributed by atoms with Crippen LogP contribution in [0.4, 0.5) is 4.39 Å². The highest BCUT2D eigenvalue weighted by Gasteiger charge is 2.26. The number of halogens is 2. The molecule has 1 aliphatic heterocycles. The number of rotatable bonds is 5. The number of esters is 1. The van der Waals surface area contributed by atoms with Gasteiger partial charge >= 0.3 is 5.97 Å².